The van der Waals surface area contributed by atoms with Crippen molar-refractivity contribution in [3.05, 3.63) is 77.6 Å². The van der Waals surface area contributed by atoms with Crippen LogP contribution in [0.2, 0.25) is 5.15 Å². The number of hydrogen-bond acceptors (Lipinski definition) is 3. The van der Waals surface area contributed by atoms with Gasteiger partial charge in [-0.1, -0.05) is 29.8 Å². The third kappa shape index (κ3) is 3.53. The summed E-state index contributed by atoms with van der Waals surface area (Å²) in [4.78, 5) is 8.18. The molecule has 1 aromatic carbocycles. The molecule has 0 unspecified atom stereocenters. The van der Waals surface area contributed by atoms with E-state index in [0.29, 0.717) is 5.15 Å². The van der Waals surface area contributed by atoms with Crippen molar-refractivity contribution in [2.75, 3.05) is 0 Å². The summed E-state index contributed by atoms with van der Waals surface area (Å²) in [6.07, 6.45) is 7.32. The van der Waals surface area contributed by atoms with Gasteiger partial charge >= 0.3 is 0 Å². The van der Waals surface area contributed by atoms with Crippen molar-refractivity contribution in [1.29, 1.82) is 0 Å². The molecule has 0 aliphatic heterocycles. The fourth-order valence-corrected chi connectivity index (χ4v) is 2.38. The summed E-state index contributed by atoms with van der Waals surface area (Å²) in [7, 11) is 0. The molecule has 0 fully saturated rings. The van der Waals surface area contributed by atoms with E-state index in [1.165, 1.54) is 5.56 Å². The van der Waals surface area contributed by atoms with Crippen molar-refractivity contribution in [3.63, 3.8) is 0 Å². The molecule has 0 amide bonds. The van der Waals surface area contributed by atoms with Crippen molar-refractivity contribution in [2.24, 2.45) is 0 Å². The largest absolute Gasteiger partial charge is 0.306 e. The third-order valence-electron chi connectivity index (χ3n) is 3.57. The van der Waals surface area contributed by atoms with Gasteiger partial charge in [-0.25, -0.2) is 9.97 Å². The van der Waals surface area contributed by atoms with Crippen LogP contribution in [0.15, 0.2) is 61.3 Å². The molecule has 0 aliphatic carbocycles. The van der Waals surface area contributed by atoms with Crippen LogP contribution in [0, 0.1) is 0 Å². The first kappa shape index (κ1) is 14.8. The Hall–Kier alpha value is -2.17. The van der Waals surface area contributed by atoms with E-state index >= 15 is 0 Å². The summed E-state index contributed by atoms with van der Waals surface area (Å²) in [5.74, 6) is 0. The first-order chi connectivity index (χ1) is 10.7. The molecule has 0 saturated carbocycles. The third-order valence-corrected chi connectivity index (χ3v) is 3.80. The van der Waals surface area contributed by atoms with E-state index in [9.17, 15) is 0 Å². The number of nitrogens with one attached hydrogen (secondary N) is 1. The van der Waals surface area contributed by atoms with Gasteiger partial charge in [-0.15, -0.1) is 0 Å². The Kier molecular flexibility index (Phi) is 4.51. The number of rotatable bonds is 5. The number of aromatic nitrogens is 3. The molecule has 3 rings (SSSR count). The smallest absolute Gasteiger partial charge is 0.129 e. The number of nitrogens with zero attached hydrogens (tertiary/aromatic N) is 3. The maximum absolute atomic E-state index is 5.80. The van der Waals surface area contributed by atoms with Crippen molar-refractivity contribution in [1.82, 2.24) is 19.9 Å². The molecule has 3 aromatic rings. The van der Waals surface area contributed by atoms with Crippen LogP contribution in [0.1, 0.15) is 24.1 Å². The Bertz CT molecular complexity index is 723. The molecule has 0 bridgehead atoms. The van der Waals surface area contributed by atoms with E-state index in [1.54, 1.807) is 18.7 Å². The molecule has 0 radical (unpaired) electrons. The van der Waals surface area contributed by atoms with Crippen LogP contribution in [0.4, 0.5) is 0 Å². The maximum atomic E-state index is 5.80. The van der Waals surface area contributed by atoms with Crippen LogP contribution in [-0.4, -0.2) is 14.5 Å². The lowest BCUT2D eigenvalue weighted by Crippen LogP contribution is -2.18. The number of benzene rings is 1. The van der Waals surface area contributed by atoms with E-state index in [-0.39, 0.29) is 6.04 Å². The summed E-state index contributed by atoms with van der Waals surface area (Å²) in [6.45, 7) is 2.90. The Morgan fingerprint density at radius 2 is 2.18 bits per heavy atom. The topological polar surface area (TPSA) is 42.7 Å². The molecule has 2 aromatic heterocycles. The summed E-state index contributed by atoms with van der Waals surface area (Å²) in [5, 5.41) is 4.02. The van der Waals surface area contributed by atoms with E-state index < -0.39 is 0 Å². The SMILES string of the molecule is C[C@H](NCc1ccc(Cl)nc1)c1cccc(-n2ccnc2)c1. The standard InChI is InChI=1S/C17H17ClN4/c1-13(20-10-14-5-6-17(18)21-11-14)15-3-2-4-16(9-15)22-8-7-19-12-22/h2-9,11-13,20H,10H2,1H3/t13-/m0/s1. The van der Waals surface area contributed by atoms with Crippen LogP contribution < -0.4 is 5.32 Å². The summed E-state index contributed by atoms with van der Waals surface area (Å²) in [6, 6.07) is 12.4. The minimum atomic E-state index is 0.235. The lowest BCUT2D eigenvalue weighted by molar-refractivity contribution is 0.573. The first-order valence-electron chi connectivity index (χ1n) is 7.14. The van der Waals surface area contributed by atoms with Gasteiger partial charge in [0.15, 0.2) is 0 Å². The number of imidazole rings is 1. The van der Waals surface area contributed by atoms with Crippen molar-refractivity contribution in [3.8, 4) is 5.69 Å². The second-order valence-electron chi connectivity index (χ2n) is 5.16. The van der Waals surface area contributed by atoms with Gasteiger partial charge in [-0.3, -0.25) is 0 Å². The van der Waals surface area contributed by atoms with Crippen LogP contribution in [0.5, 0.6) is 0 Å². The molecule has 0 aliphatic rings. The molecule has 0 spiro atoms. The second-order valence-corrected chi connectivity index (χ2v) is 5.54. The Balaban J connectivity index is 1.68. The highest BCUT2D eigenvalue weighted by Crippen LogP contribution is 2.17. The zero-order valence-corrected chi connectivity index (χ0v) is 13.0. The summed E-state index contributed by atoms with van der Waals surface area (Å²) >= 11 is 5.80. The Labute approximate surface area is 134 Å². The lowest BCUT2D eigenvalue weighted by Gasteiger charge is -2.15. The van der Waals surface area contributed by atoms with Gasteiger partial charge < -0.3 is 9.88 Å². The number of hydrogen-bond donors (Lipinski definition) is 1. The molecular weight excluding hydrogens is 296 g/mol. The van der Waals surface area contributed by atoms with Gasteiger partial charge in [-0.05, 0) is 36.2 Å². The Morgan fingerprint density at radius 1 is 1.27 bits per heavy atom. The minimum Gasteiger partial charge on any atom is -0.306 e. The van der Waals surface area contributed by atoms with Crippen molar-refractivity contribution >= 4 is 11.6 Å². The van der Waals surface area contributed by atoms with Crippen LogP contribution in [-0.2, 0) is 6.54 Å². The second kappa shape index (κ2) is 6.73. The predicted molar refractivity (Wildman–Crippen MR) is 88.1 cm³/mol. The van der Waals surface area contributed by atoms with Gasteiger partial charge in [0, 0.05) is 36.9 Å². The summed E-state index contributed by atoms with van der Waals surface area (Å²) in [5.41, 5.74) is 3.45. The van der Waals surface area contributed by atoms with E-state index in [4.69, 9.17) is 11.6 Å². The molecule has 1 atom stereocenters. The highest BCUT2D eigenvalue weighted by Gasteiger charge is 2.06. The van der Waals surface area contributed by atoms with Gasteiger partial charge in [0.1, 0.15) is 5.15 Å². The summed E-state index contributed by atoms with van der Waals surface area (Å²) < 4.78 is 2.00. The first-order valence-corrected chi connectivity index (χ1v) is 7.52. The molecular formula is C17H17ClN4. The van der Waals surface area contributed by atoms with Gasteiger partial charge in [0.05, 0.1) is 6.33 Å². The van der Waals surface area contributed by atoms with Gasteiger partial charge in [0.25, 0.3) is 0 Å². The van der Waals surface area contributed by atoms with E-state index in [0.717, 1.165) is 17.8 Å². The normalized spacial score (nSPS) is 12.3. The van der Waals surface area contributed by atoms with E-state index in [1.807, 2.05) is 22.9 Å². The highest BCUT2D eigenvalue weighted by atomic mass is 35.5. The molecule has 22 heavy (non-hydrogen) atoms. The van der Waals surface area contributed by atoms with Crippen LogP contribution in [0.3, 0.4) is 0 Å². The molecule has 0 saturated heterocycles. The van der Waals surface area contributed by atoms with Crippen molar-refractivity contribution in [2.45, 2.75) is 19.5 Å². The zero-order valence-electron chi connectivity index (χ0n) is 12.3. The van der Waals surface area contributed by atoms with Crippen LogP contribution in [0.25, 0.3) is 5.69 Å². The number of pyridine rings is 1. The number of halogens is 1. The monoisotopic (exact) mass is 312 g/mol. The average molecular weight is 313 g/mol. The molecule has 1 N–H and O–H groups in total. The maximum Gasteiger partial charge on any atom is 0.129 e. The zero-order chi connectivity index (χ0) is 15.4. The predicted octanol–water partition coefficient (Wildman–Crippen LogP) is 3.77. The average Bonchev–Trinajstić information content (AvgIpc) is 3.09. The fraction of sp³-hybridized carbons (Fsp3) is 0.176. The quantitative estimate of drug-likeness (QED) is 0.729. The van der Waals surface area contributed by atoms with Crippen molar-refractivity contribution < 1.29 is 0 Å². The Morgan fingerprint density at radius 3 is 2.91 bits per heavy atom. The highest BCUT2D eigenvalue weighted by molar-refractivity contribution is 6.29. The van der Waals surface area contributed by atoms with E-state index in [2.05, 4.69) is 46.5 Å². The molecule has 4 nitrogen and oxygen atoms in total. The molecule has 5 heteroatoms. The molecule has 2 heterocycles. The lowest BCUT2D eigenvalue weighted by atomic mass is 10.1. The minimum absolute atomic E-state index is 0.235. The van der Waals surface area contributed by atoms with Gasteiger partial charge in [-0.2, -0.15) is 0 Å². The fourth-order valence-electron chi connectivity index (χ4n) is 2.27. The molecule has 112 valence electrons. The van der Waals surface area contributed by atoms with Gasteiger partial charge in [0.2, 0.25) is 0 Å². The van der Waals surface area contributed by atoms with Crippen LogP contribution >= 0.6 is 11.6 Å².